The molecule has 7 heteroatoms. The van der Waals surface area contributed by atoms with Crippen LogP contribution in [0.2, 0.25) is 5.02 Å². The summed E-state index contributed by atoms with van der Waals surface area (Å²) in [4.78, 5) is 26.1. The van der Waals surface area contributed by atoms with Gasteiger partial charge in [-0.2, -0.15) is 0 Å². The molecule has 0 aromatic heterocycles. The molecule has 0 bridgehead atoms. The van der Waals surface area contributed by atoms with Gasteiger partial charge in [0.05, 0.1) is 19.1 Å². The fourth-order valence-corrected chi connectivity index (χ4v) is 3.23. The molecule has 144 valence electrons. The highest BCUT2D eigenvalue weighted by molar-refractivity contribution is 9.10. The van der Waals surface area contributed by atoms with Crippen molar-refractivity contribution >= 4 is 45.0 Å². The molecule has 0 fully saturated rings. The minimum Gasteiger partial charge on any atom is -0.348 e. The molecule has 0 aliphatic rings. The fraction of sp³-hybridized carbons (Fsp3) is 0.300. The Kier molecular flexibility index (Phi) is 7.83. The van der Waals surface area contributed by atoms with E-state index < -0.39 is 0 Å². The Labute approximate surface area is 173 Å². The maximum atomic E-state index is 12.2. The van der Waals surface area contributed by atoms with Crippen LogP contribution in [0.3, 0.4) is 0 Å². The van der Waals surface area contributed by atoms with Gasteiger partial charge in [-0.05, 0) is 62.4 Å². The first-order valence-corrected chi connectivity index (χ1v) is 9.71. The zero-order valence-corrected chi connectivity index (χ0v) is 17.9. The lowest BCUT2D eigenvalue weighted by Gasteiger charge is -2.19. The predicted octanol–water partition coefficient (Wildman–Crippen LogP) is 4.16. The summed E-state index contributed by atoms with van der Waals surface area (Å²) < 4.78 is 0.960. The van der Waals surface area contributed by atoms with Gasteiger partial charge in [-0.3, -0.25) is 14.5 Å². The number of carbonyl (C=O) groups is 2. The maximum absolute atomic E-state index is 12.2. The van der Waals surface area contributed by atoms with E-state index in [2.05, 4.69) is 26.6 Å². The number of likely N-dealkylation sites (N-methyl/N-ethyl adjacent to an activating group) is 1. The van der Waals surface area contributed by atoms with E-state index in [9.17, 15) is 9.59 Å². The monoisotopic (exact) mass is 451 g/mol. The number of aryl methyl sites for hydroxylation is 1. The van der Waals surface area contributed by atoms with Crippen molar-refractivity contribution in [1.29, 1.82) is 0 Å². The van der Waals surface area contributed by atoms with Crippen LogP contribution < -0.4 is 10.6 Å². The van der Waals surface area contributed by atoms with Gasteiger partial charge in [-0.25, -0.2) is 0 Å². The number of anilines is 1. The van der Waals surface area contributed by atoms with Crippen LogP contribution in [0.1, 0.15) is 24.1 Å². The summed E-state index contributed by atoms with van der Waals surface area (Å²) in [5, 5.41) is 6.45. The quantitative estimate of drug-likeness (QED) is 0.663. The fourth-order valence-electron chi connectivity index (χ4n) is 2.63. The highest BCUT2D eigenvalue weighted by atomic mass is 79.9. The van der Waals surface area contributed by atoms with E-state index in [4.69, 9.17) is 11.6 Å². The number of benzene rings is 2. The summed E-state index contributed by atoms with van der Waals surface area (Å²) in [6.45, 7) is 4.09. The number of hydrogen-bond donors (Lipinski definition) is 2. The standard InChI is InChI=1S/C20H23BrClN3O2/c1-13-10-16(21)6-9-18(13)24-20(27)12-25(3)11-19(26)23-14(2)15-4-7-17(22)8-5-15/h4-10,14H,11-12H2,1-3H3,(H,23,26)(H,24,27). The third kappa shape index (κ3) is 6.97. The molecule has 2 N–H and O–H groups in total. The summed E-state index contributed by atoms with van der Waals surface area (Å²) >= 11 is 9.28. The third-order valence-electron chi connectivity index (χ3n) is 4.04. The Morgan fingerprint density at radius 1 is 1.11 bits per heavy atom. The van der Waals surface area contributed by atoms with Crippen LogP contribution >= 0.6 is 27.5 Å². The van der Waals surface area contributed by atoms with Crippen molar-refractivity contribution in [2.75, 3.05) is 25.5 Å². The van der Waals surface area contributed by atoms with Gasteiger partial charge in [0.1, 0.15) is 0 Å². The molecule has 1 atom stereocenters. The second-order valence-electron chi connectivity index (χ2n) is 6.52. The summed E-state index contributed by atoms with van der Waals surface area (Å²) in [5.41, 5.74) is 2.70. The average molecular weight is 453 g/mol. The number of amides is 2. The zero-order chi connectivity index (χ0) is 20.0. The number of carbonyl (C=O) groups excluding carboxylic acids is 2. The van der Waals surface area contributed by atoms with E-state index in [1.165, 1.54) is 0 Å². The number of hydrogen-bond acceptors (Lipinski definition) is 3. The molecule has 0 spiro atoms. The third-order valence-corrected chi connectivity index (χ3v) is 4.78. The topological polar surface area (TPSA) is 61.4 Å². The second-order valence-corrected chi connectivity index (χ2v) is 7.87. The first kappa shape index (κ1) is 21.4. The van der Waals surface area contributed by atoms with Gasteiger partial charge in [0.2, 0.25) is 11.8 Å². The maximum Gasteiger partial charge on any atom is 0.238 e. The molecule has 0 saturated heterocycles. The molecule has 2 aromatic carbocycles. The minimum absolute atomic E-state index is 0.123. The molecule has 2 rings (SSSR count). The van der Waals surface area contributed by atoms with Crippen molar-refractivity contribution in [3.05, 3.63) is 63.1 Å². The smallest absolute Gasteiger partial charge is 0.238 e. The normalized spacial score (nSPS) is 11.9. The van der Waals surface area contributed by atoms with Crippen LogP contribution in [0.25, 0.3) is 0 Å². The predicted molar refractivity (Wildman–Crippen MR) is 113 cm³/mol. The highest BCUT2D eigenvalue weighted by Gasteiger charge is 2.14. The van der Waals surface area contributed by atoms with E-state index >= 15 is 0 Å². The minimum atomic E-state index is -0.165. The summed E-state index contributed by atoms with van der Waals surface area (Å²) in [7, 11) is 1.74. The summed E-state index contributed by atoms with van der Waals surface area (Å²) in [6, 6.07) is 12.9. The number of nitrogens with one attached hydrogen (secondary N) is 2. The first-order chi connectivity index (χ1) is 12.7. The van der Waals surface area contributed by atoms with E-state index in [0.29, 0.717) is 5.02 Å². The van der Waals surface area contributed by atoms with Gasteiger partial charge in [-0.15, -0.1) is 0 Å². The Hall–Kier alpha value is -1.89. The summed E-state index contributed by atoms with van der Waals surface area (Å²) in [5.74, 6) is -0.311. The zero-order valence-electron chi connectivity index (χ0n) is 15.6. The van der Waals surface area contributed by atoms with Crippen LogP contribution in [-0.4, -0.2) is 36.9 Å². The van der Waals surface area contributed by atoms with Crippen LogP contribution in [-0.2, 0) is 9.59 Å². The van der Waals surface area contributed by atoms with Gasteiger partial charge in [0.25, 0.3) is 0 Å². The molecule has 5 nitrogen and oxygen atoms in total. The van der Waals surface area contributed by atoms with Crippen molar-refractivity contribution in [3.8, 4) is 0 Å². The number of rotatable bonds is 7. The van der Waals surface area contributed by atoms with Crippen molar-refractivity contribution in [3.63, 3.8) is 0 Å². The van der Waals surface area contributed by atoms with Crippen LogP contribution in [0.4, 0.5) is 5.69 Å². The van der Waals surface area contributed by atoms with Gasteiger partial charge in [-0.1, -0.05) is 39.7 Å². The van der Waals surface area contributed by atoms with E-state index in [1.807, 2.05) is 44.2 Å². The van der Waals surface area contributed by atoms with Crippen LogP contribution in [0.5, 0.6) is 0 Å². The lowest BCUT2D eigenvalue weighted by molar-refractivity contribution is -0.123. The lowest BCUT2D eigenvalue weighted by atomic mass is 10.1. The Morgan fingerprint density at radius 2 is 1.74 bits per heavy atom. The molecule has 1 unspecified atom stereocenters. The van der Waals surface area contributed by atoms with E-state index in [1.54, 1.807) is 24.1 Å². The van der Waals surface area contributed by atoms with Gasteiger partial charge in [0.15, 0.2) is 0 Å². The van der Waals surface area contributed by atoms with Crippen molar-refractivity contribution < 1.29 is 9.59 Å². The largest absolute Gasteiger partial charge is 0.348 e. The van der Waals surface area contributed by atoms with Crippen molar-refractivity contribution in [2.45, 2.75) is 19.9 Å². The van der Waals surface area contributed by atoms with Gasteiger partial charge < -0.3 is 10.6 Å². The molecule has 0 heterocycles. The Morgan fingerprint density at radius 3 is 2.37 bits per heavy atom. The molecular formula is C20H23BrClN3O2. The average Bonchev–Trinajstić information content (AvgIpc) is 2.57. The molecule has 0 aliphatic heterocycles. The van der Waals surface area contributed by atoms with Crippen molar-refractivity contribution in [2.24, 2.45) is 0 Å². The molecule has 0 radical (unpaired) electrons. The number of nitrogens with zero attached hydrogens (tertiary/aromatic N) is 1. The Bertz CT molecular complexity index is 811. The molecule has 0 saturated carbocycles. The number of halogens is 2. The lowest BCUT2D eigenvalue weighted by Crippen LogP contribution is -2.39. The van der Waals surface area contributed by atoms with E-state index in [0.717, 1.165) is 21.3 Å². The molecule has 2 aromatic rings. The van der Waals surface area contributed by atoms with Crippen LogP contribution in [0.15, 0.2) is 46.9 Å². The van der Waals surface area contributed by atoms with Gasteiger partial charge >= 0.3 is 0 Å². The second kappa shape index (κ2) is 9.88. The Balaban J connectivity index is 1.81. The van der Waals surface area contributed by atoms with Crippen molar-refractivity contribution in [1.82, 2.24) is 10.2 Å². The SMILES string of the molecule is Cc1cc(Br)ccc1NC(=O)CN(C)CC(=O)NC(C)c1ccc(Cl)cc1. The molecular weight excluding hydrogens is 430 g/mol. The first-order valence-electron chi connectivity index (χ1n) is 8.54. The molecule has 27 heavy (non-hydrogen) atoms. The van der Waals surface area contributed by atoms with Crippen LogP contribution in [0, 0.1) is 6.92 Å². The van der Waals surface area contributed by atoms with E-state index in [-0.39, 0.29) is 30.9 Å². The highest BCUT2D eigenvalue weighted by Crippen LogP contribution is 2.20. The molecule has 2 amide bonds. The summed E-state index contributed by atoms with van der Waals surface area (Å²) in [6.07, 6.45) is 0. The molecule has 0 aliphatic carbocycles. The van der Waals surface area contributed by atoms with Gasteiger partial charge in [0, 0.05) is 15.2 Å².